The molecule has 0 bridgehead atoms. The molecule has 0 saturated carbocycles. The first kappa shape index (κ1) is 54.8. The fourth-order valence-electron chi connectivity index (χ4n) is 5.66. The Labute approximate surface area is 382 Å². The van der Waals surface area contributed by atoms with Gasteiger partial charge in [0.1, 0.15) is 32.2 Å². The summed E-state index contributed by atoms with van der Waals surface area (Å²) in [6.07, 6.45) is 7.96. The molecule has 0 radical (unpaired) electrons. The summed E-state index contributed by atoms with van der Waals surface area (Å²) in [7, 11) is 0. The molecule has 354 valence electrons. The van der Waals surface area contributed by atoms with E-state index in [4.69, 9.17) is 19.9 Å². The molecule has 3 aromatic rings. The minimum absolute atomic E-state index is 0.132. The highest BCUT2D eigenvalue weighted by molar-refractivity contribution is 6.01. The van der Waals surface area contributed by atoms with Gasteiger partial charge in [-0.3, -0.25) is 43.4 Å². The number of hydrogen-bond acceptors (Lipinski definition) is 12. The molecule has 17 nitrogen and oxygen atoms in total. The van der Waals surface area contributed by atoms with E-state index in [9.17, 15) is 38.4 Å². The van der Waals surface area contributed by atoms with Gasteiger partial charge in [-0.15, -0.1) is 0 Å². The lowest BCUT2D eigenvalue weighted by Gasteiger charge is -2.28. The molecular formula is C48H66N6O11. The number of nitrogens with two attached hydrogens (primary N) is 1. The molecule has 0 aliphatic carbocycles. The Balaban J connectivity index is 0.000000384. The zero-order valence-electron chi connectivity index (χ0n) is 38.2. The molecule has 2 heterocycles. The van der Waals surface area contributed by atoms with Crippen molar-refractivity contribution in [2.45, 2.75) is 91.9 Å². The molecule has 5 N–H and O–H groups in total. The van der Waals surface area contributed by atoms with Crippen molar-refractivity contribution in [2.75, 3.05) is 63.2 Å². The van der Waals surface area contributed by atoms with Gasteiger partial charge in [0.15, 0.2) is 0 Å². The second-order valence-corrected chi connectivity index (χ2v) is 14.5. The summed E-state index contributed by atoms with van der Waals surface area (Å²) < 4.78 is 15.2. The number of carbonyl (C=O) groups is 8. The maximum Gasteiger partial charge on any atom is 0.337 e. The predicted octanol–water partition coefficient (Wildman–Crippen LogP) is 4.96. The van der Waals surface area contributed by atoms with Crippen molar-refractivity contribution >= 4 is 58.7 Å². The number of anilines is 2. The number of unbranched alkanes of at least 4 members (excludes halogenated alkanes) is 4. The summed E-state index contributed by atoms with van der Waals surface area (Å²) in [5.41, 5.74) is 7.81. The van der Waals surface area contributed by atoms with Crippen molar-refractivity contribution in [1.82, 2.24) is 15.1 Å². The maximum absolute atomic E-state index is 11.9. The average molecular weight is 903 g/mol. The topological polar surface area (TPSA) is 233 Å². The Morgan fingerprint density at radius 1 is 0.585 bits per heavy atom. The number of esters is 1. The summed E-state index contributed by atoms with van der Waals surface area (Å²) in [5.74, 6) is -1.94. The minimum Gasteiger partial charge on any atom is -0.425 e. The van der Waals surface area contributed by atoms with Crippen LogP contribution in [-0.4, -0.2) is 110 Å². The monoisotopic (exact) mass is 902 g/mol. The molecule has 0 unspecified atom stereocenters. The molecule has 0 spiro atoms. The third-order valence-corrected chi connectivity index (χ3v) is 9.29. The zero-order valence-corrected chi connectivity index (χ0v) is 38.2. The van der Waals surface area contributed by atoms with Gasteiger partial charge in [-0.05, 0) is 66.9 Å². The number of rotatable bonds is 22. The van der Waals surface area contributed by atoms with Crippen LogP contribution in [0.15, 0.2) is 78.9 Å². The molecule has 3 aromatic carbocycles. The highest BCUT2D eigenvalue weighted by atomic mass is 16.6. The van der Waals surface area contributed by atoms with Crippen LogP contribution in [-0.2, 0) is 60.7 Å². The SMILES string of the molecule is CC.CCCCCN.CCCCCNC(=O)COCC(=O)Nc1ccc(CC(=O)N2CCC2=O)cc1.O=C(COCC(=O)Oc1ccccc1)Nc1ccc(CC(=O)N2CCC2=O)cc1. The fraction of sp³-hybridized carbons (Fsp3) is 0.458. The first-order valence-electron chi connectivity index (χ1n) is 22.2. The Morgan fingerprint density at radius 3 is 1.43 bits per heavy atom. The molecule has 5 rings (SSSR count). The number of ether oxygens (including phenoxy) is 3. The van der Waals surface area contributed by atoms with E-state index in [2.05, 4.69) is 29.8 Å². The molecule has 7 amide bonds. The molecular weight excluding hydrogens is 837 g/mol. The van der Waals surface area contributed by atoms with Gasteiger partial charge in [0.05, 0.1) is 12.8 Å². The number of carbonyl (C=O) groups excluding carboxylic acids is 8. The second kappa shape index (κ2) is 32.4. The van der Waals surface area contributed by atoms with Gasteiger partial charge >= 0.3 is 5.97 Å². The first-order chi connectivity index (χ1) is 31.4. The summed E-state index contributed by atoms with van der Waals surface area (Å²) in [6.45, 7) is 9.67. The second-order valence-electron chi connectivity index (χ2n) is 14.5. The third-order valence-electron chi connectivity index (χ3n) is 9.29. The van der Waals surface area contributed by atoms with Crippen molar-refractivity contribution in [3.05, 3.63) is 90.0 Å². The van der Waals surface area contributed by atoms with Crippen LogP contribution in [0.1, 0.15) is 90.2 Å². The summed E-state index contributed by atoms with van der Waals surface area (Å²) in [6, 6.07) is 22.1. The molecule has 2 aliphatic rings. The number of likely N-dealkylation sites (tertiary alicyclic amines) is 2. The van der Waals surface area contributed by atoms with Crippen molar-refractivity contribution in [3.8, 4) is 5.75 Å². The van der Waals surface area contributed by atoms with Crippen LogP contribution in [0.2, 0.25) is 0 Å². The van der Waals surface area contributed by atoms with E-state index in [1.54, 1.807) is 78.9 Å². The maximum atomic E-state index is 11.9. The van der Waals surface area contributed by atoms with Crippen molar-refractivity contribution in [3.63, 3.8) is 0 Å². The van der Waals surface area contributed by atoms with Crippen molar-refractivity contribution < 1.29 is 52.6 Å². The Hall–Kier alpha value is -6.30. The number of imide groups is 2. The predicted molar refractivity (Wildman–Crippen MR) is 246 cm³/mol. The van der Waals surface area contributed by atoms with Gasteiger partial charge in [-0.1, -0.05) is 95.8 Å². The van der Waals surface area contributed by atoms with E-state index in [1.165, 1.54) is 29.1 Å². The number of β-lactam (4-membered cyclic amide) rings is 2. The molecule has 65 heavy (non-hydrogen) atoms. The Kier molecular flexibility index (Phi) is 27.3. The van der Waals surface area contributed by atoms with Crippen LogP contribution in [0.4, 0.5) is 11.4 Å². The van der Waals surface area contributed by atoms with Gasteiger partial charge in [-0.25, -0.2) is 4.79 Å². The molecule has 2 saturated heterocycles. The lowest BCUT2D eigenvalue weighted by Crippen LogP contribution is -2.48. The van der Waals surface area contributed by atoms with Gasteiger partial charge in [0.2, 0.25) is 41.4 Å². The normalized spacial score (nSPS) is 12.3. The summed E-state index contributed by atoms with van der Waals surface area (Å²) in [5, 5.41) is 8.03. The first-order valence-corrected chi connectivity index (χ1v) is 22.2. The van der Waals surface area contributed by atoms with E-state index in [1.807, 2.05) is 13.8 Å². The number of para-hydroxylation sites is 1. The molecule has 17 heteroatoms. The number of nitrogens with zero attached hydrogens (tertiary/aromatic N) is 2. The van der Waals surface area contributed by atoms with Crippen LogP contribution in [0, 0.1) is 0 Å². The number of benzene rings is 3. The standard InChI is InChI=1S/C21H20N2O6.C20H27N3O5.C5H13N.C2H6/c24-18(13-28-14-21(27)29-17-4-2-1-3-5-17)22-16-8-6-15(7-9-16)12-20(26)23-11-10-19(23)25;1-2-3-4-10-21-17(24)13-28-14-18(25)22-16-7-5-15(6-8-16)12-20(27)23-11-9-19(23)26;1-2-3-4-5-6;1-2/h1-9H,10-14H2,(H,22,24);5-8H,2-4,9-14H2,1H3,(H,21,24)(H,22,25);2-6H2,1H3;1-2H3. The van der Waals surface area contributed by atoms with E-state index >= 15 is 0 Å². The van der Waals surface area contributed by atoms with Gasteiger partial charge in [0, 0.05) is 43.9 Å². The fourth-order valence-corrected chi connectivity index (χ4v) is 5.66. The van der Waals surface area contributed by atoms with E-state index in [0.29, 0.717) is 49.6 Å². The van der Waals surface area contributed by atoms with E-state index in [0.717, 1.165) is 36.9 Å². The number of nitrogens with one attached hydrogen (secondary N) is 3. The van der Waals surface area contributed by atoms with Gasteiger partial charge in [-0.2, -0.15) is 0 Å². The van der Waals surface area contributed by atoms with Crippen LogP contribution < -0.4 is 26.4 Å². The van der Waals surface area contributed by atoms with Gasteiger partial charge in [0.25, 0.3) is 0 Å². The lowest BCUT2D eigenvalue weighted by atomic mass is 10.1. The largest absolute Gasteiger partial charge is 0.425 e. The number of hydrogen-bond donors (Lipinski definition) is 4. The molecule has 0 atom stereocenters. The van der Waals surface area contributed by atoms with Crippen LogP contribution in [0.5, 0.6) is 5.75 Å². The Bertz CT molecular complexity index is 1940. The molecule has 2 aliphatic heterocycles. The van der Waals surface area contributed by atoms with Crippen molar-refractivity contribution in [2.24, 2.45) is 5.73 Å². The highest BCUT2D eigenvalue weighted by Crippen LogP contribution is 2.16. The smallest absolute Gasteiger partial charge is 0.337 e. The van der Waals surface area contributed by atoms with E-state index in [-0.39, 0.29) is 74.7 Å². The van der Waals surface area contributed by atoms with Gasteiger partial charge < -0.3 is 35.9 Å². The highest BCUT2D eigenvalue weighted by Gasteiger charge is 2.30. The van der Waals surface area contributed by atoms with Crippen molar-refractivity contribution in [1.29, 1.82) is 0 Å². The van der Waals surface area contributed by atoms with Crippen LogP contribution >= 0.6 is 0 Å². The molecule has 2 fully saturated rings. The average Bonchev–Trinajstić information content (AvgIpc) is 3.28. The van der Waals surface area contributed by atoms with E-state index < -0.39 is 11.9 Å². The zero-order chi connectivity index (χ0) is 47.8. The number of amides is 7. The molecule has 0 aromatic heterocycles. The quantitative estimate of drug-likeness (QED) is 0.0454. The lowest BCUT2D eigenvalue weighted by molar-refractivity contribution is -0.153. The van der Waals surface area contributed by atoms with Crippen LogP contribution in [0.25, 0.3) is 0 Å². The summed E-state index contributed by atoms with van der Waals surface area (Å²) in [4.78, 5) is 95.8. The summed E-state index contributed by atoms with van der Waals surface area (Å²) >= 11 is 0. The minimum atomic E-state index is -0.598. The Morgan fingerprint density at radius 2 is 1.03 bits per heavy atom. The van der Waals surface area contributed by atoms with Crippen LogP contribution in [0.3, 0.4) is 0 Å². The third kappa shape index (κ3) is 22.8.